The number of halogens is 4. The summed E-state index contributed by atoms with van der Waals surface area (Å²) in [5.41, 5.74) is 0.525. The van der Waals surface area contributed by atoms with Gasteiger partial charge in [-0.25, -0.2) is 4.98 Å². The lowest BCUT2D eigenvalue weighted by Crippen LogP contribution is -1.95. The Labute approximate surface area is 133 Å². The molecule has 0 saturated carbocycles. The smallest absolute Gasteiger partial charge is 0.224 e. The summed E-state index contributed by atoms with van der Waals surface area (Å²) in [7, 11) is 0. The molecule has 0 unspecified atom stereocenters. The highest BCUT2D eigenvalue weighted by molar-refractivity contribution is 9.10. The van der Waals surface area contributed by atoms with Gasteiger partial charge in [-0.1, -0.05) is 34.8 Å². The van der Waals surface area contributed by atoms with Gasteiger partial charge in [0.2, 0.25) is 5.88 Å². The summed E-state index contributed by atoms with van der Waals surface area (Å²) in [4.78, 5) is 4.07. The van der Waals surface area contributed by atoms with Gasteiger partial charge in [-0.15, -0.1) is 0 Å². The van der Waals surface area contributed by atoms with E-state index in [1.165, 1.54) is 12.1 Å². The molecule has 1 aromatic heterocycles. The highest BCUT2D eigenvalue weighted by Gasteiger charge is 2.12. The summed E-state index contributed by atoms with van der Waals surface area (Å²) in [6.07, 6.45) is 1.56. The van der Waals surface area contributed by atoms with E-state index in [1.807, 2.05) is 0 Å². The number of benzene rings is 1. The molecule has 1 aromatic carbocycles. The quantitative estimate of drug-likeness (QED) is 0.751. The van der Waals surface area contributed by atoms with Crippen LogP contribution in [0.25, 0.3) is 0 Å². The van der Waals surface area contributed by atoms with Gasteiger partial charge in [0, 0.05) is 22.3 Å². The molecule has 19 heavy (non-hydrogen) atoms. The van der Waals surface area contributed by atoms with Gasteiger partial charge in [-0.2, -0.15) is 0 Å². The van der Waals surface area contributed by atoms with Crippen molar-refractivity contribution in [1.29, 1.82) is 0 Å². The molecule has 0 fully saturated rings. The Bertz CT molecular complexity index is 622. The normalized spacial score (nSPS) is 10.6. The molecule has 0 radical (unpaired) electrons. The summed E-state index contributed by atoms with van der Waals surface area (Å²) >= 11 is 21.0. The zero-order chi connectivity index (χ0) is 14.0. The molecule has 0 bridgehead atoms. The molecule has 0 amide bonds. The number of aliphatic hydroxyl groups excluding tert-OH is 1. The molecule has 1 N–H and O–H groups in total. The molecule has 0 spiro atoms. The number of nitrogens with zero attached hydrogens (tertiary/aromatic N) is 1. The number of ether oxygens (including phenoxy) is 1. The monoisotopic (exact) mass is 381 g/mol. The third-order valence-electron chi connectivity index (χ3n) is 2.24. The second-order valence-corrected chi connectivity index (χ2v) is 5.71. The third kappa shape index (κ3) is 3.52. The van der Waals surface area contributed by atoms with Crippen LogP contribution < -0.4 is 4.74 Å². The topological polar surface area (TPSA) is 42.4 Å². The van der Waals surface area contributed by atoms with Crippen LogP contribution in [0, 0.1) is 0 Å². The molecular formula is C12H7BrCl3NO2. The fourth-order valence-corrected chi connectivity index (χ4v) is 2.31. The van der Waals surface area contributed by atoms with Gasteiger partial charge in [-0.05, 0) is 28.1 Å². The Hall–Kier alpha value is -0.520. The summed E-state index contributed by atoms with van der Waals surface area (Å²) < 4.78 is 6.29. The van der Waals surface area contributed by atoms with E-state index < -0.39 is 0 Å². The average Bonchev–Trinajstić information content (AvgIpc) is 2.37. The lowest BCUT2D eigenvalue weighted by Gasteiger charge is -2.11. The fraction of sp³-hybridized carbons (Fsp3) is 0.0833. The van der Waals surface area contributed by atoms with Crippen LogP contribution in [-0.4, -0.2) is 10.1 Å². The van der Waals surface area contributed by atoms with Crippen molar-refractivity contribution in [3.05, 3.63) is 49.5 Å². The van der Waals surface area contributed by atoms with Crippen LogP contribution in [0.3, 0.4) is 0 Å². The molecule has 1 heterocycles. The molecule has 0 aliphatic rings. The molecule has 2 aromatic rings. The first-order chi connectivity index (χ1) is 9.01. The van der Waals surface area contributed by atoms with Crippen LogP contribution in [0.2, 0.25) is 15.1 Å². The number of pyridine rings is 1. The number of hydrogen-bond donors (Lipinski definition) is 1. The fourth-order valence-electron chi connectivity index (χ4n) is 1.36. The second kappa shape index (κ2) is 6.29. The van der Waals surface area contributed by atoms with Crippen molar-refractivity contribution in [3.63, 3.8) is 0 Å². The van der Waals surface area contributed by atoms with Gasteiger partial charge in [0.25, 0.3) is 0 Å². The Morgan fingerprint density at radius 3 is 2.47 bits per heavy atom. The first-order valence-corrected chi connectivity index (χ1v) is 7.01. The first kappa shape index (κ1) is 14.9. The molecule has 0 aliphatic carbocycles. The van der Waals surface area contributed by atoms with Gasteiger partial charge < -0.3 is 9.84 Å². The van der Waals surface area contributed by atoms with Gasteiger partial charge >= 0.3 is 0 Å². The minimum Gasteiger partial charge on any atom is -0.437 e. The summed E-state index contributed by atoms with van der Waals surface area (Å²) in [6.45, 7) is -0.208. The van der Waals surface area contributed by atoms with Crippen molar-refractivity contribution >= 4 is 50.7 Å². The summed E-state index contributed by atoms with van der Waals surface area (Å²) in [5.74, 6) is 0.576. The van der Waals surface area contributed by atoms with Crippen molar-refractivity contribution < 1.29 is 9.84 Å². The number of aromatic nitrogens is 1. The standard InChI is InChI=1S/C12H7BrCl3NO2/c13-7-1-6(5-18)12(17-4-7)19-11-3-9(15)8(14)2-10(11)16/h1-4,18H,5H2. The Morgan fingerprint density at radius 2 is 1.79 bits per heavy atom. The average molecular weight is 383 g/mol. The van der Waals surface area contributed by atoms with Crippen LogP contribution in [0.15, 0.2) is 28.9 Å². The van der Waals surface area contributed by atoms with Crippen molar-refractivity contribution in [1.82, 2.24) is 4.98 Å². The van der Waals surface area contributed by atoms with Crippen molar-refractivity contribution in [2.45, 2.75) is 6.61 Å². The Kier molecular flexibility index (Phi) is 4.92. The van der Waals surface area contributed by atoms with Crippen LogP contribution >= 0.6 is 50.7 Å². The molecule has 0 saturated heterocycles. The number of aliphatic hydroxyl groups is 1. The van der Waals surface area contributed by atoms with Crippen LogP contribution in [0.4, 0.5) is 0 Å². The molecule has 7 heteroatoms. The highest BCUT2D eigenvalue weighted by atomic mass is 79.9. The minimum absolute atomic E-state index is 0.208. The van der Waals surface area contributed by atoms with Crippen LogP contribution in [0.5, 0.6) is 11.6 Å². The van der Waals surface area contributed by atoms with E-state index in [0.29, 0.717) is 26.4 Å². The summed E-state index contributed by atoms with van der Waals surface area (Å²) in [6, 6.07) is 4.68. The second-order valence-electron chi connectivity index (χ2n) is 3.57. The van der Waals surface area contributed by atoms with E-state index in [9.17, 15) is 5.11 Å². The third-order valence-corrected chi connectivity index (χ3v) is 3.69. The van der Waals surface area contributed by atoms with E-state index in [1.54, 1.807) is 12.3 Å². The van der Waals surface area contributed by atoms with Gasteiger partial charge in [0.05, 0.1) is 21.7 Å². The van der Waals surface area contributed by atoms with E-state index in [4.69, 9.17) is 39.5 Å². The maximum absolute atomic E-state index is 9.27. The summed E-state index contributed by atoms with van der Waals surface area (Å²) in [5, 5.41) is 10.2. The molecular weight excluding hydrogens is 376 g/mol. The highest BCUT2D eigenvalue weighted by Crippen LogP contribution is 2.36. The minimum atomic E-state index is -0.208. The largest absolute Gasteiger partial charge is 0.437 e. The van der Waals surface area contributed by atoms with E-state index in [0.717, 1.165) is 4.47 Å². The first-order valence-electron chi connectivity index (χ1n) is 5.09. The number of rotatable bonds is 3. The molecule has 2 rings (SSSR count). The molecule has 3 nitrogen and oxygen atoms in total. The van der Waals surface area contributed by atoms with Crippen LogP contribution in [0.1, 0.15) is 5.56 Å². The maximum atomic E-state index is 9.27. The number of hydrogen-bond acceptors (Lipinski definition) is 3. The van der Waals surface area contributed by atoms with Crippen molar-refractivity contribution in [2.24, 2.45) is 0 Å². The van der Waals surface area contributed by atoms with Crippen molar-refractivity contribution in [2.75, 3.05) is 0 Å². The van der Waals surface area contributed by atoms with E-state index in [-0.39, 0.29) is 12.5 Å². The lowest BCUT2D eigenvalue weighted by molar-refractivity contribution is 0.275. The van der Waals surface area contributed by atoms with E-state index in [2.05, 4.69) is 20.9 Å². The Balaban J connectivity index is 2.39. The van der Waals surface area contributed by atoms with Gasteiger partial charge in [0.15, 0.2) is 0 Å². The zero-order valence-electron chi connectivity index (χ0n) is 9.33. The lowest BCUT2D eigenvalue weighted by atomic mass is 10.3. The maximum Gasteiger partial charge on any atom is 0.224 e. The van der Waals surface area contributed by atoms with Gasteiger partial charge in [0.1, 0.15) is 5.75 Å². The molecule has 0 aliphatic heterocycles. The SMILES string of the molecule is OCc1cc(Br)cnc1Oc1cc(Cl)c(Cl)cc1Cl. The van der Waals surface area contributed by atoms with Crippen LogP contribution in [-0.2, 0) is 6.61 Å². The van der Waals surface area contributed by atoms with E-state index >= 15 is 0 Å². The Morgan fingerprint density at radius 1 is 1.11 bits per heavy atom. The molecule has 0 atom stereocenters. The molecule has 100 valence electrons. The predicted molar refractivity (Wildman–Crippen MR) is 79.4 cm³/mol. The predicted octanol–water partition coefficient (Wildman–Crippen LogP) is 5.09. The zero-order valence-corrected chi connectivity index (χ0v) is 13.2. The van der Waals surface area contributed by atoms with Gasteiger partial charge in [-0.3, -0.25) is 0 Å². The van der Waals surface area contributed by atoms with Crippen molar-refractivity contribution in [3.8, 4) is 11.6 Å².